The fourth-order valence-corrected chi connectivity index (χ4v) is 2.18. The first kappa shape index (κ1) is 13.3. The van der Waals surface area contributed by atoms with Crippen molar-refractivity contribution in [3.05, 3.63) is 59.7 Å². The number of carboxylic acids is 1. The molecule has 0 atom stereocenters. The Morgan fingerprint density at radius 1 is 0.947 bits per heavy atom. The molecule has 0 radical (unpaired) electrons. The summed E-state index contributed by atoms with van der Waals surface area (Å²) in [7, 11) is 0. The monoisotopic (exact) mass is 254 g/mol. The predicted octanol–water partition coefficient (Wildman–Crippen LogP) is 4.35. The molecule has 0 saturated heterocycles. The third-order valence-corrected chi connectivity index (χ3v) is 3.18. The SMILES string of the molecule is CC(C)(C)c1ccccc1-c1ccc(C(=O)O)cc1. The van der Waals surface area contributed by atoms with Crippen molar-refractivity contribution in [2.24, 2.45) is 0 Å². The zero-order chi connectivity index (χ0) is 14.0. The molecule has 0 fully saturated rings. The van der Waals surface area contributed by atoms with Gasteiger partial charge in [-0.3, -0.25) is 0 Å². The molecule has 1 N–H and O–H groups in total. The molecule has 2 rings (SSSR count). The van der Waals surface area contributed by atoms with Crippen LogP contribution in [0.4, 0.5) is 0 Å². The van der Waals surface area contributed by atoms with Gasteiger partial charge in [-0.2, -0.15) is 0 Å². The summed E-state index contributed by atoms with van der Waals surface area (Å²) in [6.07, 6.45) is 0. The van der Waals surface area contributed by atoms with E-state index in [1.807, 2.05) is 24.3 Å². The van der Waals surface area contributed by atoms with Crippen LogP contribution in [-0.2, 0) is 5.41 Å². The van der Waals surface area contributed by atoms with Crippen LogP contribution in [0.15, 0.2) is 48.5 Å². The smallest absolute Gasteiger partial charge is 0.335 e. The highest BCUT2D eigenvalue weighted by molar-refractivity contribution is 5.88. The molecule has 0 bridgehead atoms. The Bertz CT molecular complexity index is 589. The standard InChI is InChI=1S/C17H18O2/c1-17(2,3)15-7-5-4-6-14(15)12-8-10-13(11-9-12)16(18)19/h4-11H,1-3H3,(H,18,19). The molecule has 0 amide bonds. The lowest BCUT2D eigenvalue weighted by Gasteiger charge is -2.23. The molecule has 2 heteroatoms. The zero-order valence-electron chi connectivity index (χ0n) is 11.5. The van der Waals surface area contributed by atoms with E-state index in [4.69, 9.17) is 5.11 Å². The minimum atomic E-state index is -0.893. The number of hydrogen-bond acceptors (Lipinski definition) is 1. The molecule has 2 aromatic rings. The lowest BCUT2D eigenvalue weighted by molar-refractivity contribution is 0.0697. The van der Waals surface area contributed by atoms with Crippen molar-refractivity contribution in [3.8, 4) is 11.1 Å². The Morgan fingerprint density at radius 3 is 2.05 bits per heavy atom. The van der Waals surface area contributed by atoms with Crippen LogP contribution < -0.4 is 0 Å². The fraction of sp³-hybridized carbons (Fsp3) is 0.235. The van der Waals surface area contributed by atoms with Gasteiger partial charge in [0.05, 0.1) is 5.56 Å². The van der Waals surface area contributed by atoms with Crippen LogP contribution in [0, 0.1) is 0 Å². The van der Waals surface area contributed by atoms with Gasteiger partial charge in [0, 0.05) is 0 Å². The Hall–Kier alpha value is -2.09. The number of hydrogen-bond donors (Lipinski definition) is 1. The molecule has 0 heterocycles. The van der Waals surface area contributed by atoms with Crippen molar-refractivity contribution in [1.29, 1.82) is 0 Å². The molecule has 0 aliphatic rings. The first-order valence-corrected chi connectivity index (χ1v) is 6.33. The minimum Gasteiger partial charge on any atom is -0.478 e. The highest BCUT2D eigenvalue weighted by atomic mass is 16.4. The van der Waals surface area contributed by atoms with Crippen LogP contribution in [0.5, 0.6) is 0 Å². The molecule has 0 unspecified atom stereocenters. The van der Waals surface area contributed by atoms with Crippen LogP contribution in [0.2, 0.25) is 0 Å². The maximum absolute atomic E-state index is 10.9. The molecule has 0 spiro atoms. The highest BCUT2D eigenvalue weighted by Crippen LogP contribution is 2.32. The summed E-state index contributed by atoms with van der Waals surface area (Å²) in [6, 6.07) is 15.3. The molecule has 0 aliphatic carbocycles. The van der Waals surface area contributed by atoms with Crippen molar-refractivity contribution < 1.29 is 9.90 Å². The summed E-state index contributed by atoms with van der Waals surface area (Å²) in [6.45, 7) is 6.53. The third-order valence-electron chi connectivity index (χ3n) is 3.18. The largest absolute Gasteiger partial charge is 0.478 e. The second-order valence-electron chi connectivity index (χ2n) is 5.68. The van der Waals surface area contributed by atoms with E-state index >= 15 is 0 Å². The number of carboxylic acid groups (broad SMARTS) is 1. The Balaban J connectivity index is 2.50. The number of carbonyl (C=O) groups is 1. The number of aromatic carboxylic acids is 1. The molecule has 0 aliphatic heterocycles. The minimum absolute atomic E-state index is 0.0576. The molecule has 2 aromatic carbocycles. The van der Waals surface area contributed by atoms with Crippen LogP contribution in [0.3, 0.4) is 0 Å². The summed E-state index contributed by atoms with van der Waals surface area (Å²) in [4.78, 5) is 10.9. The van der Waals surface area contributed by atoms with Crippen LogP contribution >= 0.6 is 0 Å². The molecule has 0 saturated carbocycles. The van der Waals surface area contributed by atoms with Crippen LogP contribution in [0.25, 0.3) is 11.1 Å². The predicted molar refractivity (Wildman–Crippen MR) is 77.5 cm³/mol. The maximum atomic E-state index is 10.9. The van der Waals surface area contributed by atoms with Gasteiger partial charge in [0.1, 0.15) is 0 Å². The van der Waals surface area contributed by atoms with E-state index in [1.165, 1.54) is 5.56 Å². The van der Waals surface area contributed by atoms with Crippen molar-refractivity contribution in [3.63, 3.8) is 0 Å². The molecular weight excluding hydrogens is 236 g/mol. The van der Waals surface area contributed by atoms with Gasteiger partial charge in [0.2, 0.25) is 0 Å². The van der Waals surface area contributed by atoms with E-state index in [0.717, 1.165) is 11.1 Å². The fourth-order valence-electron chi connectivity index (χ4n) is 2.18. The third kappa shape index (κ3) is 2.84. The van der Waals surface area contributed by atoms with Crippen molar-refractivity contribution >= 4 is 5.97 Å². The van der Waals surface area contributed by atoms with Gasteiger partial charge in [0.15, 0.2) is 0 Å². The molecule has 98 valence electrons. The summed E-state index contributed by atoms with van der Waals surface area (Å²) < 4.78 is 0. The average molecular weight is 254 g/mol. The molecular formula is C17H18O2. The van der Waals surface area contributed by atoms with Gasteiger partial charge in [-0.15, -0.1) is 0 Å². The average Bonchev–Trinajstić information content (AvgIpc) is 2.38. The second kappa shape index (κ2) is 4.88. The summed E-state index contributed by atoms with van der Waals surface area (Å²) in [5.74, 6) is -0.893. The van der Waals surface area contributed by atoms with Gasteiger partial charge in [-0.05, 0) is 34.2 Å². The van der Waals surface area contributed by atoms with Gasteiger partial charge in [0.25, 0.3) is 0 Å². The Morgan fingerprint density at radius 2 is 1.53 bits per heavy atom. The normalized spacial score (nSPS) is 11.3. The van der Waals surface area contributed by atoms with E-state index in [0.29, 0.717) is 5.56 Å². The topological polar surface area (TPSA) is 37.3 Å². The highest BCUT2D eigenvalue weighted by Gasteiger charge is 2.18. The first-order valence-electron chi connectivity index (χ1n) is 6.33. The van der Waals surface area contributed by atoms with Crippen molar-refractivity contribution in [2.75, 3.05) is 0 Å². The quantitative estimate of drug-likeness (QED) is 0.865. The van der Waals surface area contributed by atoms with E-state index < -0.39 is 5.97 Å². The van der Waals surface area contributed by atoms with E-state index in [2.05, 4.69) is 32.9 Å². The van der Waals surface area contributed by atoms with E-state index in [9.17, 15) is 4.79 Å². The summed E-state index contributed by atoms with van der Waals surface area (Å²) in [5, 5.41) is 8.93. The van der Waals surface area contributed by atoms with Crippen molar-refractivity contribution in [1.82, 2.24) is 0 Å². The van der Waals surface area contributed by atoms with Gasteiger partial charge in [-0.25, -0.2) is 4.79 Å². The van der Waals surface area contributed by atoms with E-state index in [-0.39, 0.29) is 5.41 Å². The second-order valence-corrected chi connectivity index (χ2v) is 5.68. The Labute approximate surface area is 113 Å². The van der Waals surface area contributed by atoms with E-state index in [1.54, 1.807) is 12.1 Å². The molecule has 19 heavy (non-hydrogen) atoms. The van der Waals surface area contributed by atoms with Gasteiger partial charge < -0.3 is 5.11 Å². The summed E-state index contributed by atoms with van der Waals surface area (Å²) >= 11 is 0. The number of benzene rings is 2. The lowest BCUT2D eigenvalue weighted by atomic mass is 9.82. The van der Waals surface area contributed by atoms with Crippen LogP contribution in [0.1, 0.15) is 36.7 Å². The molecule has 2 nitrogen and oxygen atoms in total. The first-order chi connectivity index (χ1) is 8.89. The van der Waals surface area contributed by atoms with Crippen molar-refractivity contribution in [2.45, 2.75) is 26.2 Å². The van der Waals surface area contributed by atoms with Crippen LogP contribution in [-0.4, -0.2) is 11.1 Å². The number of rotatable bonds is 2. The summed E-state index contributed by atoms with van der Waals surface area (Å²) in [5.41, 5.74) is 3.85. The lowest BCUT2D eigenvalue weighted by Crippen LogP contribution is -2.12. The Kier molecular flexibility index (Phi) is 3.43. The van der Waals surface area contributed by atoms with Gasteiger partial charge >= 0.3 is 5.97 Å². The van der Waals surface area contributed by atoms with Gasteiger partial charge in [-0.1, -0.05) is 57.2 Å². The maximum Gasteiger partial charge on any atom is 0.335 e. The molecule has 0 aromatic heterocycles. The zero-order valence-corrected chi connectivity index (χ0v) is 11.5.